The maximum absolute atomic E-state index is 5.41. The predicted molar refractivity (Wildman–Crippen MR) is 41.1 cm³/mol. The maximum Gasteiger partial charge on any atom is 0.104 e. The van der Waals surface area contributed by atoms with Crippen LogP contribution in [0, 0.1) is 0 Å². The highest BCUT2D eigenvalue weighted by atomic mass is 16.6. The molecule has 0 aromatic rings. The van der Waals surface area contributed by atoms with Crippen LogP contribution >= 0.6 is 0 Å². The van der Waals surface area contributed by atoms with Crippen molar-refractivity contribution in [1.82, 2.24) is 0 Å². The zero-order valence-electron chi connectivity index (χ0n) is 7.03. The zero-order chi connectivity index (χ0) is 8.23. The van der Waals surface area contributed by atoms with Gasteiger partial charge in [-0.05, 0) is 0 Å². The Morgan fingerprint density at radius 1 is 0.833 bits per heavy atom. The summed E-state index contributed by atoms with van der Waals surface area (Å²) < 4.78 is 20.7. The van der Waals surface area contributed by atoms with E-state index < -0.39 is 0 Å². The van der Waals surface area contributed by atoms with Gasteiger partial charge in [0.05, 0.1) is 39.6 Å². The van der Waals surface area contributed by atoms with Crippen LogP contribution in [0.25, 0.3) is 0 Å². The largest absolute Gasteiger partial charge is 0.376 e. The highest BCUT2D eigenvalue weighted by molar-refractivity contribution is 4.65. The Hall–Kier alpha value is -0.160. The first kappa shape index (κ1) is 8.44. The van der Waals surface area contributed by atoms with Crippen molar-refractivity contribution in [3.05, 3.63) is 0 Å². The highest BCUT2D eigenvalue weighted by Gasteiger charge is 2.20. The molecular weight excluding hydrogens is 160 g/mol. The number of hydrogen-bond acceptors (Lipinski definition) is 4. The molecule has 2 rings (SSSR count). The van der Waals surface area contributed by atoms with Gasteiger partial charge in [-0.25, -0.2) is 0 Å². The molecule has 2 saturated heterocycles. The second-order valence-electron chi connectivity index (χ2n) is 3.06. The average molecular weight is 174 g/mol. The molecule has 0 N–H and O–H groups in total. The molecule has 0 radical (unpaired) electrons. The van der Waals surface area contributed by atoms with Crippen LogP contribution in [0.1, 0.15) is 0 Å². The molecule has 0 spiro atoms. The quantitative estimate of drug-likeness (QED) is 0.542. The highest BCUT2D eigenvalue weighted by Crippen LogP contribution is 2.07. The van der Waals surface area contributed by atoms with Crippen LogP contribution < -0.4 is 0 Å². The molecule has 4 heteroatoms. The fraction of sp³-hybridized carbons (Fsp3) is 1.00. The molecule has 0 saturated carbocycles. The summed E-state index contributed by atoms with van der Waals surface area (Å²) in [5.74, 6) is 0. The van der Waals surface area contributed by atoms with Gasteiger partial charge in [-0.2, -0.15) is 0 Å². The van der Waals surface area contributed by atoms with Gasteiger partial charge in [0.2, 0.25) is 0 Å². The standard InChI is InChI=1S/C8H14O4/c1(11-7-3-9-4-7)2-12-8-5-10-6-8/h7-8H,1-6H2. The predicted octanol–water partition coefficient (Wildman–Crippen LogP) is -0.183. The Labute approximate surface area is 71.7 Å². The summed E-state index contributed by atoms with van der Waals surface area (Å²) in [6.07, 6.45) is 0.623. The lowest BCUT2D eigenvalue weighted by Gasteiger charge is -2.28. The molecule has 4 nitrogen and oxygen atoms in total. The van der Waals surface area contributed by atoms with Gasteiger partial charge in [0, 0.05) is 0 Å². The molecule has 0 aromatic heterocycles. The molecule has 0 bridgehead atoms. The van der Waals surface area contributed by atoms with E-state index in [0.29, 0.717) is 25.4 Å². The van der Waals surface area contributed by atoms with Crippen molar-refractivity contribution in [2.45, 2.75) is 12.2 Å². The normalized spacial score (nSPS) is 25.0. The van der Waals surface area contributed by atoms with Gasteiger partial charge in [-0.15, -0.1) is 0 Å². The summed E-state index contributed by atoms with van der Waals surface area (Å²) >= 11 is 0. The summed E-state index contributed by atoms with van der Waals surface area (Å²) in [5.41, 5.74) is 0. The lowest BCUT2D eigenvalue weighted by Crippen LogP contribution is -2.39. The lowest BCUT2D eigenvalue weighted by atomic mass is 10.3. The number of hydrogen-bond donors (Lipinski definition) is 0. The van der Waals surface area contributed by atoms with Crippen molar-refractivity contribution in [2.75, 3.05) is 39.6 Å². The monoisotopic (exact) mass is 174 g/mol. The minimum Gasteiger partial charge on any atom is -0.376 e. The van der Waals surface area contributed by atoms with Gasteiger partial charge in [0.15, 0.2) is 0 Å². The molecule has 0 amide bonds. The Kier molecular flexibility index (Phi) is 2.94. The molecule has 0 atom stereocenters. The Morgan fingerprint density at radius 2 is 1.25 bits per heavy atom. The minimum atomic E-state index is 0.311. The van der Waals surface area contributed by atoms with E-state index in [0.717, 1.165) is 26.4 Å². The average Bonchev–Trinajstić information content (AvgIpc) is 1.88. The molecular formula is C8H14O4. The van der Waals surface area contributed by atoms with E-state index in [1.165, 1.54) is 0 Å². The molecule has 2 heterocycles. The van der Waals surface area contributed by atoms with E-state index >= 15 is 0 Å². The Morgan fingerprint density at radius 3 is 1.50 bits per heavy atom. The van der Waals surface area contributed by atoms with Crippen LogP contribution in [0.2, 0.25) is 0 Å². The third-order valence-corrected chi connectivity index (χ3v) is 2.01. The van der Waals surface area contributed by atoms with Gasteiger partial charge in [-0.1, -0.05) is 0 Å². The first-order chi connectivity index (χ1) is 5.95. The van der Waals surface area contributed by atoms with Crippen LogP contribution in [0.4, 0.5) is 0 Å². The summed E-state index contributed by atoms with van der Waals surface area (Å²) in [6.45, 7) is 4.31. The summed E-state index contributed by atoms with van der Waals surface area (Å²) in [4.78, 5) is 0. The van der Waals surface area contributed by atoms with Gasteiger partial charge in [-0.3, -0.25) is 0 Å². The smallest absolute Gasteiger partial charge is 0.104 e. The van der Waals surface area contributed by atoms with Crippen molar-refractivity contribution in [2.24, 2.45) is 0 Å². The van der Waals surface area contributed by atoms with E-state index in [1.54, 1.807) is 0 Å². The van der Waals surface area contributed by atoms with E-state index in [9.17, 15) is 0 Å². The zero-order valence-corrected chi connectivity index (χ0v) is 7.03. The molecule has 70 valence electrons. The Bertz CT molecular complexity index is 115. The molecule has 0 aliphatic carbocycles. The van der Waals surface area contributed by atoms with Gasteiger partial charge in [0.1, 0.15) is 12.2 Å². The first-order valence-electron chi connectivity index (χ1n) is 4.34. The van der Waals surface area contributed by atoms with E-state index in [1.807, 2.05) is 0 Å². The van der Waals surface area contributed by atoms with Crippen molar-refractivity contribution >= 4 is 0 Å². The summed E-state index contributed by atoms with van der Waals surface area (Å²) in [5, 5.41) is 0. The van der Waals surface area contributed by atoms with Crippen molar-refractivity contribution < 1.29 is 18.9 Å². The van der Waals surface area contributed by atoms with Crippen molar-refractivity contribution in [3.8, 4) is 0 Å². The lowest BCUT2D eigenvalue weighted by molar-refractivity contribution is -0.163. The van der Waals surface area contributed by atoms with Gasteiger partial charge < -0.3 is 18.9 Å². The first-order valence-corrected chi connectivity index (χ1v) is 4.34. The Balaban J connectivity index is 1.40. The van der Waals surface area contributed by atoms with Crippen molar-refractivity contribution in [3.63, 3.8) is 0 Å². The van der Waals surface area contributed by atoms with E-state index in [2.05, 4.69) is 0 Å². The summed E-state index contributed by atoms with van der Waals surface area (Å²) in [7, 11) is 0. The molecule has 2 aliphatic heterocycles. The summed E-state index contributed by atoms with van der Waals surface area (Å²) in [6, 6.07) is 0. The fourth-order valence-corrected chi connectivity index (χ4v) is 1.05. The van der Waals surface area contributed by atoms with E-state index in [4.69, 9.17) is 18.9 Å². The molecule has 2 aliphatic rings. The van der Waals surface area contributed by atoms with Crippen molar-refractivity contribution in [1.29, 1.82) is 0 Å². The second-order valence-corrected chi connectivity index (χ2v) is 3.06. The van der Waals surface area contributed by atoms with Crippen LogP contribution in [-0.2, 0) is 18.9 Å². The van der Waals surface area contributed by atoms with Gasteiger partial charge >= 0.3 is 0 Å². The molecule has 0 aromatic carbocycles. The third kappa shape index (κ3) is 2.17. The minimum absolute atomic E-state index is 0.311. The van der Waals surface area contributed by atoms with Crippen LogP contribution in [0.5, 0.6) is 0 Å². The number of ether oxygens (including phenoxy) is 4. The SMILES string of the molecule is C(COC1COC1)OC1COC1. The molecule has 2 fully saturated rings. The molecule has 12 heavy (non-hydrogen) atoms. The van der Waals surface area contributed by atoms with Crippen LogP contribution in [0.3, 0.4) is 0 Å². The van der Waals surface area contributed by atoms with Crippen LogP contribution in [-0.4, -0.2) is 51.8 Å². The van der Waals surface area contributed by atoms with Gasteiger partial charge in [0.25, 0.3) is 0 Å². The van der Waals surface area contributed by atoms with E-state index in [-0.39, 0.29) is 0 Å². The maximum atomic E-state index is 5.41. The number of rotatable bonds is 5. The second kappa shape index (κ2) is 4.18. The van der Waals surface area contributed by atoms with Crippen LogP contribution in [0.15, 0.2) is 0 Å². The third-order valence-electron chi connectivity index (χ3n) is 2.01. The fourth-order valence-electron chi connectivity index (χ4n) is 1.05. The topological polar surface area (TPSA) is 36.9 Å². The molecule has 0 unspecified atom stereocenters.